The summed E-state index contributed by atoms with van der Waals surface area (Å²) < 4.78 is 29.5. The monoisotopic (exact) mass is 411 g/mol. The van der Waals surface area contributed by atoms with Crippen LogP contribution < -0.4 is 20.3 Å². The maximum atomic E-state index is 12.1. The van der Waals surface area contributed by atoms with Gasteiger partial charge < -0.3 is 10.1 Å². The minimum Gasteiger partial charge on any atom is -0.494 e. The molecule has 2 rings (SSSR count). The molecule has 0 aliphatic rings. The fourth-order valence-electron chi connectivity index (χ4n) is 1.97. The summed E-state index contributed by atoms with van der Waals surface area (Å²) in [6.07, 6.45) is 0. The van der Waals surface area contributed by atoms with Crippen LogP contribution in [0.3, 0.4) is 0 Å². The molecule has 0 radical (unpaired) electrons. The van der Waals surface area contributed by atoms with Crippen LogP contribution in [0.25, 0.3) is 0 Å². The largest absolute Gasteiger partial charge is 0.494 e. The maximum absolute atomic E-state index is 12.1. The van der Waals surface area contributed by atoms with E-state index in [2.05, 4.69) is 5.32 Å². The Kier molecular flexibility index (Phi) is 7.17. The molecule has 0 aromatic heterocycles. The van der Waals surface area contributed by atoms with Gasteiger partial charge in [0.2, 0.25) is 0 Å². The van der Waals surface area contributed by atoms with Crippen LogP contribution in [0.2, 0.25) is 5.02 Å². The summed E-state index contributed by atoms with van der Waals surface area (Å²) in [5.41, 5.74) is 2.35. The summed E-state index contributed by atoms with van der Waals surface area (Å²) in [4.78, 5) is 25.6. The van der Waals surface area contributed by atoms with Crippen molar-refractivity contribution in [3.8, 4) is 5.75 Å². The number of hydrogen-bond acceptors (Lipinski definition) is 5. The van der Waals surface area contributed by atoms with Gasteiger partial charge in [0.15, 0.2) is 0 Å². The molecule has 0 aliphatic carbocycles. The third-order valence-corrected chi connectivity index (χ3v) is 4.80. The predicted octanol–water partition coefficient (Wildman–Crippen LogP) is 1.48. The molecule has 2 aromatic carbocycles. The van der Waals surface area contributed by atoms with Crippen molar-refractivity contribution < 1.29 is 22.7 Å². The van der Waals surface area contributed by atoms with Crippen molar-refractivity contribution in [1.82, 2.24) is 15.6 Å². The Morgan fingerprint density at radius 2 is 1.67 bits per heavy atom. The van der Waals surface area contributed by atoms with Gasteiger partial charge in [-0.05, 0) is 55.5 Å². The molecule has 0 saturated carbocycles. The Bertz CT molecular complexity index is 899. The van der Waals surface area contributed by atoms with E-state index in [1.807, 2.05) is 17.2 Å². The third kappa shape index (κ3) is 6.24. The smallest absolute Gasteiger partial charge is 0.257 e. The lowest BCUT2D eigenvalue weighted by Crippen LogP contribution is -2.46. The second-order valence-corrected chi connectivity index (χ2v) is 7.37. The van der Waals surface area contributed by atoms with Crippen LogP contribution in [-0.2, 0) is 14.8 Å². The van der Waals surface area contributed by atoms with Crippen molar-refractivity contribution in [1.29, 1.82) is 0 Å². The van der Waals surface area contributed by atoms with Crippen LogP contribution in [0.5, 0.6) is 5.75 Å². The second-order valence-electron chi connectivity index (χ2n) is 5.25. The highest BCUT2D eigenvalue weighted by Crippen LogP contribution is 2.15. The molecule has 0 heterocycles. The number of rotatable bonds is 8. The van der Waals surface area contributed by atoms with Crippen molar-refractivity contribution >= 4 is 33.4 Å². The van der Waals surface area contributed by atoms with Gasteiger partial charge in [0.25, 0.3) is 21.8 Å². The summed E-state index contributed by atoms with van der Waals surface area (Å²) in [6, 6.07) is 11.8. The molecule has 0 atom stereocenters. The normalized spacial score (nSPS) is 10.9. The zero-order valence-corrected chi connectivity index (χ0v) is 15.9. The lowest BCUT2D eigenvalue weighted by molar-refractivity contribution is -0.120. The van der Waals surface area contributed by atoms with Crippen molar-refractivity contribution in [2.45, 2.75) is 11.8 Å². The van der Waals surface area contributed by atoms with E-state index in [0.717, 1.165) is 0 Å². The molecular weight excluding hydrogens is 394 g/mol. The maximum Gasteiger partial charge on any atom is 0.257 e. The molecular formula is C17H18ClN3O5S. The zero-order chi connectivity index (χ0) is 19.9. The van der Waals surface area contributed by atoms with Crippen molar-refractivity contribution in [3.05, 3.63) is 59.1 Å². The molecule has 0 bridgehead atoms. The molecule has 0 spiro atoms. The number of hydrogen-bond donors (Lipinski definition) is 3. The molecule has 27 heavy (non-hydrogen) atoms. The molecule has 0 aliphatic heterocycles. The fraction of sp³-hybridized carbons (Fsp3) is 0.176. The predicted molar refractivity (Wildman–Crippen MR) is 99.9 cm³/mol. The average molecular weight is 412 g/mol. The fourth-order valence-corrected chi connectivity index (χ4v) is 2.96. The molecule has 0 unspecified atom stereocenters. The number of hydrazine groups is 1. The number of sulfonamides is 1. The SMILES string of the molecule is CCOc1ccc(S(=O)(=O)NNC(=O)CNC(=O)c2ccc(Cl)cc2)cc1. The number of carbonyl (C=O) groups excluding carboxylic acids is 2. The van der Waals surface area contributed by atoms with Crippen LogP contribution in [0.15, 0.2) is 53.4 Å². The molecule has 0 saturated heterocycles. The highest BCUT2D eigenvalue weighted by atomic mass is 35.5. The first kappa shape index (κ1) is 20.7. The minimum atomic E-state index is -3.95. The van der Waals surface area contributed by atoms with E-state index in [9.17, 15) is 18.0 Å². The lowest BCUT2D eigenvalue weighted by Gasteiger charge is -2.10. The van der Waals surface area contributed by atoms with Crippen LogP contribution in [0.4, 0.5) is 0 Å². The Morgan fingerprint density at radius 3 is 2.26 bits per heavy atom. The van der Waals surface area contributed by atoms with Crippen LogP contribution in [0, 0.1) is 0 Å². The van der Waals surface area contributed by atoms with Crippen molar-refractivity contribution in [2.75, 3.05) is 13.2 Å². The quantitative estimate of drug-likeness (QED) is 0.569. The van der Waals surface area contributed by atoms with Gasteiger partial charge in [-0.3, -0.25) is 15.0 Å². The first-order valence-electron chi connectivity index (χ1n) is 7.89. The highest BCUT2D eigenvalue weighted by Gasteiger charge is 2.15. The number of amides is 2. The first-order chi connectivity index (χ1) is 12.8. The van der Waals surface area contributed by atoms with E-state index in [4.69, 9.17) is 16.3 Å². The topological polar surface area (TPSA) is 114 Å². The molecule has 10 heteroatoms. The summed E-state index contributed by atoms with van der Waals surface area (Å²) in [6.45, 7) is 1.86. The number of nitrogens with one attached hydrogen (secondary N) is 3. The first-order valence-corrected chi connectivity index (χ1v) is 9.75. The van der Waals surface area contributed by atoms with Crippen LogP contribution in [-0.4, -0.2) is 33.4 Å². The van der Waals surface area contributed by atoms with Crippen LogP contribution >= 0.6 is 11.6 Å². The third-order valence-electron chi connectivity index (χ3n) is 3.29. The summed E-state index contributed by atoms with van der Waals surface area (Å²) >= 11 is 5.73. The van der Waals surface area contributed by atoms with E-state index in [0.29, 0.717) is 22.9 Å². The Hall–Kier alpha value is -2.62. The summed E-state index contributed by atoms with van der Waals surface area (Å²) in [7, 11) is -3.95. The minimum absolute atomic E-state index is 0.0450. The van der Waals surface area contributed by atoms with Crippen molar-refractivity contribution in [2.24, 2.45) is 0 Å². The second kappa shape index (κ2) is 9.36. The molecule has 144 valence electrons. The number of benzene rings is 2. The van der Waals surface area contributed by atoms with Gasteiger partial charge in [-0.2, -0.15) is 0 Å². The van der Waals surface area contributed by atoms with Gasteiger partial charge in [-0.15, -0.1) is 4.83 Å². The van der Waals surface area contributed by atoms with Gasteiger partial charge >= 0.3 is 0 Å². The van der Waals surface area contributed by atoms with E-state index >= 15 is 0 Å². The highest BCUT2D eigenvalue weighted by molar-refractivity contribution is 7.89. The molecule has 2 amide bonds. The van der Waals surface area contributed by atoms with E-state index in [1.165, 1.54) is 36.4 Å². The van der Waals surface area contributed by atoms with E-state index in [1.54, 1.807) is 12.1 Å². The standard InChI is InChI=1S/C17H18ClN3O5S/c1-2-26-14-7-9-15(10-8-14)27(24,25)21-20-16(22)11-19-17(23)12-3-5-13(18)6-4-12/h3-10,21H,2,11H2,1H3,(H,19,23)(H,20,22). The lowest BCUT2D eigenvalue weighted by atomic mass is 10.2. The number of halogens is 1. The molecule has 3 N–H and O–H groups in total. The Labute approximate surface area is 161 Å². The number of carbonyl (C=O) groups is 2. The van der Waals surface area contributed by atoms with Gasteiger partial charge in [0.05, 0.1) is 18.0 Å². The van der Waals surface area contributed by atoms with Gasteiger partial charge in [0.1, 0.15) is 5.75 Å². The number of ether oxygens (including phenoxy) is 1. The summed E-state index contributed by atoms with van der Waals surface area (Å²) in [5.74, 6) is -0.687. The van der Waals surface area contributed by atoms with Gasteiger partial charge in [-0.1, -0.05) is 11.6 Å². The van der Waals surface area contributed by atoms with Crippen LogP contribution in [0.1, 0.15) is 17.3 Å². The van der Waals surface area contributed by atoms with E-state index < -0.39 is 28.4 Å². The van der Waals surface area contributed by atoms with Crippen molar-refractivity contribution in [3.63, 3.8) is 0 Å². The molecule has 2 aromatic rings. The molecule has 8 nitrogen and oxygen atoms in total. The average Bonchev–Trinajstić information content (AvgIpc) is 2.66. The van der Waals surface area contributed by atoms with E-state index in [-0.39, 0.29) is 4.90 Å². The zero-order valence-electron chi connectivity index (χ0n) is 14.4. The van der Waals surface area contributed by atoms with Gasteiger partial charge in [-0.25, -0.2) is 8.42 Å². The molecule has 0 fully saturated rings. The summed E-state index contributed by atoms with van der Waals surface area (Å²) in [5, 5.41) is 2.85. The Morgan fingerprint density at radius 1 is 1.04 bits per heavy atom. The Balaban J connectivity index is 1.84. The van der Waals surface area contributed by atoms with Gasteiger partial charge in [0, 0.05) is 10.6 Å².